The Morgan fingerprint density at radius 3 is 2.04 bits per heavy atom. The Morgan fingerprint density at radius 1 is 1.08 bits per heavy atom. The maximum Gasteiger partial charge on any atom is 0.285 e. The zero-order chi connectivity index (χ0) is 18.1. The Kier molecular flexibility index (Phi) is 7.76. The number of carbonyl (C=O) groups is 1. The van der Waals surface area contributed by atoms with Gasteiger partial charge in [-0.25, -0.2) is 0 Å². The number of halogens is 1. The molecule has 0 aromatic heterocycles. The van der Waals surface area contributed by atoms with Crippen molar-refractivity contribution in [3.63, 3.8) is 0 Å². The fraction of sp³-hybridized carbons (Fsp3) is 0.667. The minimum absolute atomic E-state index is 0. The Hall–Kier alpha value is 0.0439. The average Bonchev–Trinajstić information content (AvgIpc) is 2.76. The van der Waals surface area contributed by atoms with E-state index in [1.807, 2.05) is 26.0 Å². The number of likely N-dealkylation sites (N-methyl/N-ethyl adjacent to an activating group) is 1. The predicted octanol–water partition coefficient (Wildman–Crippen LogP) is 5.23. The third-order valence-electron chi connectivity index (χ3n) is 6.77. The van der Waals surface area contributed by atoms with E-state index in [4.69, 9.17) is 11.6 Å². The summed E-state index contributed by atoms with van der Waals surface area (Å²) in [4.78, 5) is 13.5. The largest absolute Gasteiger partial charge is 0.320 e. The van der Waals surface area contributed by atoms with Crippen LogP contribution in [0.25, 0.3) is 0 Å². The van der Waals surface area contributed by atoms with E-state index in [1.54, 1.807) is 0 Å². The molecule has 1 saturated carbocycles. The molecule has 1 aromatic carbocycles. The van der Waals surface area contributed by atoms with Gasteiger partial charge in [0.25, 0.3) is 5.91 Å². The van der Waals surface area contributed by atoms with E-state index in [2.05, 4.69) is 12.2 Å². The van der Waals surface area contributed by atoms with Gasteiger partial charge in [0.15, 0.2) is 5.54 Å². The first kappa shape index (κ1) is 22.3. The summed E-state index contributed by atoms with van der Waals surface area (Å²) in [6.07, 6.45) is 8.35. The van der Waals surface area contributed by atoms with Crippen LogP contribution in [0.1, 0.15) is 63.0 Å². The Bertz CT molecular complexity index is 626. The van der Waals surface area contributed by atoms with Crippen molar-refractivity contribution in [2.24, 2.45) is 0 Å². The number of anilines is 1. The van der Waals surface area contributed by atoms with Gasteiger partial charge in [0.05, 0.1) is 19.6 Å². The van der Waals surface area contributed by atoms with Crippen LogP contribution in [-0.2, 0) is 37.5 Å². The number of carbonyl (C=O) groups excluding carboxylic acids is 1. The molecule has 1 saturated heterocycles. The number of likely N-dealkylation sites (tertiary alicyclic amines) is 1. The van der Waals surface area contributed by atoms with Gasteiger partial charge in [0.2, 0.25) is 0 Å². The molecule has 1 aliphatic carbocycles. The standard InChI is InChI=1S/C21H31ClN2O.Y/c1-4-24(12-7-5-6-8-13-24)21(10-9-11-21)20(25)23-19-16(2)14-18(22)15-17(19)3;/h14-15H,4-13H2,1-3H3;/p+1. The molecule has 1 amide bonds. The zero-order valence-corrected chi connectivity index (χ0v) is 20.1. The third kappa shape index (κ3) is 3.92. The van der Waals surface area contributed by atoms with Crippen LogP contribution in [0.3, 0.4) is 0 Å². The van der Waals surface area contributed by atoms with Crippen LogP contribution in [0, 0.1) is 13.8 Å². The summed E-state index contributed by atoms with van der Waals surface area (Å²) >= 11 is 6.16. The van der Waals surface area contributed by atoms with Crippen molar-refractivity contribution in [2.45, 2.75) is 71.3 Å². The molecule has 0 spiro atoms. The summed E-state index contributed by atoms with van der Waals surface area (Å²) in [6.45, 7) is 9.70. The van der Waals surface area contributed by atoms with Crippen molar-refractivity contribution in [3.8, 4) is 0 Å². The second-order valence-corrected chi connectivity index (χ2v) is 8.51. The molecule has 0 atom stereocenters. The van der Waals surface area contributed by atoms with E-state index in [0.29, 0.717) is 0 Å². The van der Waals surface area contributed by atoms with E-state index < -0.39 is 0 Å². The monoisotopic (exact) mass is 452 g/mol. The van der Waals surface area contributed by atoms with Gasteiger partial charge >= 0.3 is 0 Å². The predicted molar refractivity (Wildman–Crippen MR) is 105 cm³/mol. The molecule has 2 aliphatic rings. The Balaban J connectivity index is 0.00000243. The van der Waals surface area contributed by atoms with Gasteiger partial charge in [-0.2, -0.15) is 0 Å². The molecule has 2 fully saturated rings. The van der Waals surface area contributed by atoms with Gasteiger partial charge in [-0.3, -0.25) is 4.79 Å². The van der Waals surface area contributed by atoms with Crippen LogP contribution in [0.5, 0.6) is 0 Å². The van der Waals surface area contributed by atoms with Gasteiger partial charge in [0, 0.05) is 56.3 Å². The first-order chi connectivity index (χ1) is 11.9. The molecule has 26 heavy (non-hydrogen) atoms. The number of hydrogen-bond donors (Lipinski definition) is 1. The first-order valence-corrected chi connectivity index (χ1v) is 10.3. The van der Waals surface area contributed by atoms with E-state index in [1.165, 1.54) is 32.1 Å². The third-order valence-corrected chi connectivity index (χ3v) is 6.99. The topological polar surface area (TPSA) is 29.1 Å². The molecule has 3 rings (SSSR count). The molecule has 1 aromatic rings. The fourth-order valence-electron chi connectivity index (χ4n) is 5.11. The number of quaternary nitrogens is 1. The number of nitrogens with zero attached hydrogens (tertiary/aromatic N) is 1. The second-order valence-electron chi connectivity index (χ2n) is 8.08. The van der Waals surface area contributed by atoms with Gasteiger partial charge < -0.3 is 9.80 Å². The average molecular weight is 453 g/mol. The minimum atomic E-state index is -0.225. The van der Waals surface area contributed by atoms with Crippen LogP contribution in [-0.4, -0.2) is 35.6 Å². The van der Waals surface area contributed by atoms with E-state index in [0.717, 1.165) is 58.8 Å². The Morgan fingerprint density at radius 2 is 1.62 bits per heavy atom. The quantitative estimate of drug-likeness (QED) is 0.623. The molecular formula is C21H32ClN2OY+. The van der Waals surface area contributed by atoms with E-state index >= 15 is 0 Å². The van der Waals surface area contributed by atoms with Gasteiger partial charge in [-0.1, -0.05) is 11.6 Å². The molecule has 1 radical (unpaired) electrons. The summed E-state index contributed by atoms with van der Waals surface area (Å²) < 4.78 is 0.991. The normalized spacial score (nSPS) is 21.1. The fourth-order valence-corrected chi connectivity index (χ4v) is 5.43. The van der Waals surface area contributed by atoms with Crippen molar-refractivity contribution < 1.29 is 42.0 Å². The first-order valence-electron chi connectivity index (χ1n) is 9.88. The van der Waals surface area contributed by atoms with E-state index in [9.17, 15) is 4.79 Å². The summed E-state index contributed by atoms with van der Waals surface area (Å²) in [5, 5.41) is 4.04. The maximum absolute atomic E-state index is 13.5. The van der Waals surface area contributed by atoms with Crippen LogP contribution < -0.4 is 5.32 Å². The SMILES string of the molecule is CC[N+]1(C2(C(=O)Nc3c(C)cc(Cl)cc3C)CCC2)CCCCCC1.[Y]. The van der Waals surface area contributed by atoms with Crippen molar-refractivity contribution in [2.75, 3.05) is 25.0 Å². The molecule has 0 bridgehead atoms. The zero-order valence-electron chi connectivity index (χ0n) is 16.5. The number of amides is 1. The molecular weight excluding hydrogens is 421 g/mol. The van der Waals surface area contributed by atoms with Gasteiger partial charge in [0.1, 0.15) is 0 Å². The summed E-state index contributed by atoms with van der Waals surface area (Å²) in [6, 6.07) is 3.88. The number of aryl methyl sites for hydroxylation is 2. The number of benzene rings is 1. The van der Waals surface area contributed by atoms with Crippen molar-refractivity contribution in [1.29, 1.82) is 0 Å². The molecule has 3 nitrogen and oxygen atoms in total. The molecule has 1 N–H and O–H groups in total. The number of nitrogens with one attached hydrogen (secondary N) is 1. The van der Waals surface area contributed by atoms with Crippen LogP contribution >= 0.6 is 11.6 Å². The van der Waals surface area contributed by atoms with Crippen molar-refractivity contribution >= 4 is 23.2 Å². The second kappa shape index (κ2) is 9.03. The molecule has 1 heterocycles. The number of rotatable bonds is 4. The summed E-state index contributed by atoms with van der Waals surface area (Å²) in [5.74, 6) is 0.232. The summed E-state index contributed by atoms with van der Waals surface area (Å²) in [5.41, 5.74) is 2.82. The number of hydrogen-bond acceptors (Lipinski definition) is 1. The summed E-state index contributed by atoms with van der Waals surface area (Å²) in [7, 11) is 0. The molecule has 0 unspecified atom stereocenters. The molecule has 141 valence electrons. The van der Waals surface area contributed by atoms with Crippen molar-refractivity contribution in [3.05, 3.63) is 28.3 Å². The molecule has 5 heteroatoms. The smallest absolute Gasteiger partial charge is 0.285 e. The maximum atomic E-state index is 13.5. The van der Waals surface area contributed by atoms with Crippen LogP contribution in [0.15, 0.2) is 12.1 Å². The van der Waals surface area contributed by atoms with Gasteiger partial charge in [-0.15, -0.1) is 0 Å². The van der Waals surface area contributed by atoms with Gasteiger partial charge in [-0.05, 0) is 76.1 Å². The minimum Gasteiger partial charge on any atom is -0.320 e. The van der Waals surface area contributed by atoms with Crippen molar-refractivity contribution in [1.82, 2.24) is 0 Å². The van der Waals surface area contributed by atoms with Crippen LogP contribution in [0.2, 0.25) is 5.02 Å². The van der Waals surface area contributed by atoms with Crippen LogP contribution in [0.4, 0.5) is 5.69 Å². The van der Waals surface area contributed by atoms with E-state index in [-0.39, 0.29) is 44.2 Å². The molecule has 1 aliphatic heterocycles. The Labute approximate surface area is 188 Å².